The summed E-state index contributed by atoms with van der Waals surface area (Å²) in [5.41, 5.74) is 2.73. The Balaban J connectivity index is 5.02. The van der Waals surface area contributed by atoms with Crippen LogP contribution in [0.4, 0.5) is 0 Å². The first-order valence-electron chi connectivity index (χ1n) is 5.65. The number of hydrogen-bond donors (Lipinski definition) is 0. The first-order chi connectivity index (χ1) is 7.70. The molecule has 0 N–H and O–H groups in total. The molecule has 0 saturated heterocycles. The minimum atomic E-state index is -2.93. The van der Waals surface area contributed by atoms with E-state index in [1.165, 1.54) is 0 Å². The normalized spacial score (nSPS) is 11.0. The minimum absolute atomic E-state index is 0.473. The van der Waals surface area contributed by atoms with Crippen LogP contribution >= 0.6 is 0 Å². The van der Waals surface area contributed by atoms with Crippen LogP contribution in [-0.4, -0.2) is 35.2 Å². The summed E-state index contributed by atoms with van der Waals surface area (Å²) in [4.78, 5) is 0. The van der Waals surface area contributed by atoms with E-state index >= 15 is 0 Å². The summed E-state index contributed by atoms with van der Waals surface area (Å²) in [7, 11) is -2.93. The Morgan fingerprint density at radius 3 is 1.62 bits per heavy atom. The fourth-order valence-corrected chi connectivity index (χ4v) is 3.60. The monoisotopic (exact) mass is 246 g/mol. The summed E-state index contributed by atoms with van der Waals surface area (Å²) >= 11 is 0. The molecule has 0 saturated carbocycles. The van der Waals surface area contributed by atoms with Crippen molar-refractivity contribution in [3.05, 3.63) is 17.7 Å². The van der Waals surface area contributed by atoms with Gasteiger partial charge in [-0.05, 0) is 27.7 Å². The second-order valence-electron chi connectivity index (χ2n) is 2.79. The lowest BCUT2D eigenvalue weighted by Crippen LogP contribution is -2.49. The maximum absolute atomic E-state index is 5.65. The molecule has 0 aliphatic rings. The van der Waals surface area contributed by atoms with Gasteiger partial charge in [0.05, 0.1) is 6.61 Å². The van der Waals surface area contributed by atoms with Gasteiger partial charge in [0.15, 0.2) is 0 Å². The van der Waals surface area contributed by atoms with E-state index in [4.69, 9.17) is 18.0 Å². The van der Waals surface area contributed by atoms with Crippen molar-refractivity contribution in [3.8, 4) is 0 Å². The summed E-state index contributed by atoms with van der Waals surface area (Å²) in [5, 5.41) is 0.473. The molecule has 0 radical (unpaired) electrons. The van der Waals surface area contributed by atoms with Crippen LogP contribution in [0.1, 0.15) is 27.7 Å². The van der Waals surface area contributed by atoms with Gasteiger partial charge in [-0.2, -0.15) is 0 Å². The van der Waals surface area contributed by atoms with E-state index in [9.17, 15) is 0 Å². The van der Waals surface area contributed by atoms with Gasteiger partial charge in [0.2, 0.25) is 5.38 Å². The Kier molecular flexibility index (Phi) is 8.24. The van der Waals surface area contributed by atoms with Crippen LogP contribution in [0.2, 0.25) is 0 Å². The predicted molar refractivity (Wildman–Crippen MR) is 64.9 cm³/mol. The third-order valence-electron chi connectivity index (χ3n) is 1.73. The molecule has 0 aliphatic heterocycles. The van der Waals surface area contributed by atoms with Gasteiger partial charge in [-0.1, -0.05) is 12.3 Å². The summed E-state index contributed by atoms with van der Waals surface area (Å²) < 4.78 is 22.4. The zero-order valence-electron chi connectivity index (χ0n) is 10.7. The van der Waals surface area contributed by atoms with Gasteiger partial charge in [0.1, 0.15) is 0 Å². The van der Waals surface area contributed by atoms with E-state index in [1.54, 1.807) is 0 Å². The Morgan fingerprint density at radius 1 is 0.938 bits per heavy atom. The Morgan fingerprint density at radius 2 is 1.38 bits per heavy atom. The summed E-state index contributed by atoms with van der Waals surface area (Å²) in [6.07, 6.45) is 0. The van der Waals surface area contributed by atoms with Crippen LogP contribution in [0, 0.1) is 0 Å². The lowest BCUT2D eigenvalue weighted by Gasteiger charge is -2.28. The first-order valence-corrected chi connectivity index (χ1v) is 7.38. The fourth-order valence-electron chi connectivity index (χ4n) is 1.28. The van der Waals surface area contributed by atoms with Crippen LogP contribution < -0.4 is 0 Å². The van der Waals surface area contributed by atoms with Gasteiger partial charge in [0.25, 0.3) is 0 Å². The molecule has 0 spiro atoms. The van der Waals surface area contributed by atoms with Crippen molar-refractivity contribution in [1.29, 1.82) is 0 Å². The van der Waals surface area contributed by atoms with Crippen molar-refractivity contribution >= 4 is 8.80 Å². The lowest BCUT2D eigenvalue weighted by molar-refractivity contribution is 0.0581. The molecule has 5 heteroatoms. The highest BCUT2D eigenvalue weighted by Gasteiger charge is 2.48. The van der Waals surface area contributed by atoms with Crippen molar-refractivity contribution < 1.29 is 18.0 Å². The van der Waals surface area contributed by atoms with Crippen LogP contribution in [0.5, 0.6) is 0 Å². The van der Waals surface area contributed by atoms with Gasteiger partial charge in [-0.15, -0.1) is 0 Å². The molecule has 4 nitrogen and oxygen atoms in total. The molecule has 0 bridgehead atoms. The summed E-state index contributed by atoms with van der Waals surface area (Å²) in [6, 6.07) is 0. The first kappa shape index (κ1) is 15.4. The average molecular weight is 246 g/mol. The maximum atomic E-state index is 5.65. The Bertz CT molecular complexity index is 219. The van der Waals surface area contributed by atoms with Gasteiger partial charge in [-0.3, -0.25) is 0 Å². The zero-order chi connectivity index (χ0) is 12.4. The largest absolute Gasteiger partial charge is 0.582 e. The van der Waals surface area contributed by atoms with Gasteiger partial charge in [0, 0.05) is 19.8 Å². The smallest absolute Gasteiger partial charge is 0.487 e. The minimum Gasteiger partial charge on any atom is -0.487 e. The number of ether oxygens (including phenoxy) is 1. The van der Waals surface area contributed by atoms with E-state index in [0.29, 0.717) is 31.8 Å². The van der Waals surface area contributed by atoms with E-state index in [1.807, 2.05) is 27.7 Å². The molecule has 0 atom stereocenters. The second kappa shape index (κ2) is 8.56. The van der Waals surface area contributed by atoms with Crippen molar-refractivity contribution in [3.63, 3.8) is 0 Å². The Labute approximate surface area is 99.2 Å². The third kappa shape index (κ3) is 4.12. The molecule has 0 aliphatic carbocycles. The van der Waals surface area contributed by atoms with E-state index < -0.39 is 8.80 Å². The molecule has 0 unspecified atom stereocenters. The molecule has 0 aromatic carbocycles. The molecule has 0 aromatic heterocycles. The van der Waals surface area contributed by atoms with E-state index in [2.05, 4.69) is 12.3 Å². The maximum Gasteiger partial charge on any atom is 0.582 e. The highest BCUT2D eigenvalue weighted by Crippen LogP contribution is 2.20. The second-order valence-corrected chi connectivity index (χ2v) is 5.23. The molecule has 94 valence electrons. The average Bonchev–Trinajstić information content (AvgIpc) is 2.26. The van der Waals surface area contributed by atoms with E-state index in [-0.39, 0.29) is 0 Å². The molecular formula is C11H22O4Si. The summed E-state index contributed by atoms with van der Waals surface area (Å²) in [6.45, 7) is 13.2. The predicted octanol–water partition coefficient (Wildman–Crippen LogP) is 2.28. The van der Waals surface area contributed by atoms with Crippen molar-refractivity contribution in [1.82, 2.24) is 0 Å². The van der Waals surface area contributed by atoms with Gasteiger partial charge in [-0.25, -0.2) is 0 Å². The lowest BCUT2D eigenvalue weighted by atomic mass is 10.8. The summed E-state index contributed by atoms with van der Waals surface area (Å²) in [5.74, 6) is 0. The highest BCUT2D eigenvalue weighted by atomic mass is 28.4. The van der Waals surface area contributed by atoms with Gasteiger partial charge >= 0.3 is 8.80 Å². The molecule has 0 rings (SSSR count). The van der Waals surface area contributed by atoms with Crippen LogP contribution in [0.3, 0.4) is 0 Å². The van der Waals surface area contributed by atoms with Crippen LogP contribution in [0.25, 0.3) is 0 Å². The Hall–Kier alpha value is -0.583. The van der Waals surface area contributed by atoms with Crippen LogP contribution in [-0.2, 0) is 18.0 Å². The molecule has 0 amide bonds. The van der Waals surface area contributed by atoms with E-state index in [0.717, 1.165) is 0 Å². The third-order valence-corrected chi connectivity index (χ3v) is 4.61. The molecule has 16 heavy (non-hydrogen) atoms. The van der Waals surface area contributed by atoms with Crippen molar-refractivity contribution in [2.24, 2.45) is 0 Å². The molecule has 0 aromatic rings. The van der Waals surface area contributed by atoms with Crippen LogP contribution in [0.15, 0.2) is 17.7 Å². The van der Waals surface area contributed by atoms with Crippen molar-refractivity contribution in [2.75, 3.05) is 26.4 Å². The molecule has 0 fully saturated rings. The number of rotatable bonds is 9. The van der Waals surface area contributed by atoms with Crippen molar-refractivity contribution in [2.45, 2.75) is 27.7 Å². The quantitative estimate of drug-likeness (QED) is 0.355. The van der Waals surface area contributed by atoms with Gasteiger partial charge < -0.3 is 18.0 Å². The standard InChI is InChI=1S/C11H22O4Si/c1-6-11(12-7-2)16(13-8-3,14-9-4)15-10-5/h1,7-10H2,2-5H3. The highest BCUT2D eigenvalue weighted by molar-refractivity contribution is 6.68. The number of hydrogen-bond acceptors (Lipinski definition) is 4. The SMILES string of the molecule is C=C=C(OCC)[Si](OCC)(OCC)OCC. The molecular weight excluding hydrogens is 224 g/mol. The topological polar surface area (TPSA) is 36.9 Å². The zero-order valence-corrected chi connectivity index (χ0v) is 11.7. The molecule has 0 heterocycles. The fraction of sp³-hybridized carbons (Fsp3) is 0.727.